The molecular formula is C14H17N5O3. The predicted octanol–water partition coefficient (Wildman–Crippen LogP) is 0.357. The average Bonchev–Trinajstić information content (AvgIpc) is 2.97. The average molecular weight is 303 g/mol. The van der Waals surface area contributed by atoms with Gasteiger partial charge < -0.3 is 26.4 Å². The van der Waals surface area contributed by atoms with Gasteiger partial charge in [0.1, 0.15) is 0 Å². The minimum atomic E-state index is -0.409. The zero-order valence-corrected chi connectivity index (χ0v) is 12.0. The van der Waals surface area contributed by atoms with Gasteiger partial charge in [-0.3, -0.25) is 4.79 Å². The Morgan fingerprint density at radius 2 is 2.09 bits per heavy atom. The standard InChI is InChI=1S/C14H17N5O3/c1-8(7-20)17-13(21)11-6-12(22-19-11)9-2-4-10(5-3-9)18-14(15)16/h2-6,8,20H,7H2,1H3,(H,17,21)(H4,15,16,18). The number of aliphatic hydroxyl groups is 1. The number of rotatable bonds is 5. The molecule has 0 radical (unpaired) electrons. The van der Waals surface area contributed by atoms with Gasteiger partial charge in [0.15, 0.2) is 17.4 Å². The van der Waals surface area contributed by atoms with Crippen molar-refractivity contribution in [1.29, 1.82) is 0 Å². The third-order valence-electron chi connectivity index (χ3n) is 2.80. The highest BCUT2D eigenvalue weighted by Crippen LogP contribution is 2.23. The van der Waals surface area contributed by atoms with Crippen LogP contribution in [0, 0.1) is 0 Å². The lowest BCUT2D eigenvalue weighted by Crippen LogP contribution is -2.35. The van der Waals surface area contributed by atoms with E-state index in [1.54, 1.807) is 31.2 Å². The summed E-state index contributed by atoms with van der Waals surface area (Å²) in [7, 11) is 0. The van der Waals surface area contributed by atoms with Gasteiger partial charge in [-0.15, -0.1) is 0 Å². The quantitative estimate of drug-likeness (QED) is 0.464. The summed E-state index contributed by atoms with van der Waals surface area (Å²) in [5, 5.41) is 15.2. The van der Waals surface area contributed by atoms with Crippen LogP contribution in [0.2, 0.25) is 0 Å². The summed E-state index contributed by atoms with van der Waals surface area (Å²) in [6, 6.07) is 8.10. The van der Waals surface area contributed by atoms with Crippen LogP contribution >= 0.6 is 0 Å². The van der Waals surface area contributed by atoms with Crippen molar-refractivity contribution in [1.82, 2.24) is 10.5 Å². The number of nitrogens with two attached hydrogens (primary N) is 2. The fourth-order valence-corrected chi connectivity index (χ4v) is 1.71. The summed E-state index contributed by atoms with van der Waals surface area (Å²) in [6.07, 6.45) is 0. The summed E-state index contributed by atoms with van der Waals surface area (Å²) in [4.78, 5) is 15.8. The van der Waals surface area contributed by atoms with Crippen LogP contribution < -0.4 is 16.8 Å². The van der Waals surface area contributed by atoms with E-state index in [0.29, 0.717) is 11.4 Å². The van der Waals surface area contributed by atoms with Gasteiger partial charge in [0, 0.05) is 17.7 Å². The summed E-state index contributed by atoms with van der Waals surface area (Å²) in [6.45, 7) is 1.53. The number of hydrogen-bond donors (Lipinski definition) is 4. The van der Waals surface area contributed by atoms with E-state index in [0.717, 1.165) is 5.56 Å². The molecule has 2 rings (SSSR count). The molecule has 116 valence electrons. The molecule has 8 heteroatoms. The first-order chi connectivity index (χ1) is 10.5. The number of nitrogens with zero attached hydrogens (tertiary/aromatic N) is 2. The molecule has 0 fully saturated rings. The number of amides is 1. The lowest BCUT2D eigenvalue weighted by molar-refractivity contribution is 0.0913. The summed E-state index contributed by atoms with van der Waals surface area (Å²) in [5.74, 6) is 0.0103. The number of hydrogen-bond acceptors (Lipinski definition) is 5. The number of aliphatic imine (C=N–C) groups is 1. The van der Waals surface area contributed by atoms with E-state index in [9.17, 15) is 4.79 Å². The third-order valence-corrected chi connectivity index (χ3v) is 2.80. The van der Waals surface area contributed by atoms with E-state index < -0.39 is 5.91 Å². The Balaban J connectivity index is 2.14. The van der Waals surface area contributed by atoms with Gasteiger partial charge >= 0.3 is 0 Å². The van der Waals surface area contributed by atoms with Gasteiger partial charge in [0.2, 0.25) is 0 Å². The van der Waals surface area contributed by atoms with Crippen molar-refractivity contribution in [3.63, 3.8) is 0 Å². The lowest BCUT2D eigenvalue weighted by atomic mass is 10.1. The van der Waals surface area contributed by atoms with Gasteiger partial charge in [-0.1, -0.05) is 5.16 Å². The molecule has 0 aliphatic carbocycles. The maximum Gasteiger partial charge on any atom is 0.273 e. The fourth-order valence-electron chi connectivity index (χ4n) is 1.71. The molecule has 0 saturated heterocycles. The molecule has 1 atom stereocenters. The molecule has 0 bridgehead atoms. The molecule has 0 saturated carbocycles. The second-order valence-corrected chi connectivity index (χ2v) is 4.72. The van der Waals surface area contributed by atoms with Gasteiger partial charge in [0.05, 0.1) is 12.3 Å². The number of guanidine groups is 1. The topological polar surface area (TPSA) is 140 Å². The van der Waals surface area contributed by atoms with Crippen LogP contribution in [0.5, 0.6) is 0 Å². The van der Waals surface area contributed by atoms with E-state index in [1.807, 2.05) is 0 Å². The van der Waals surface area contributed by atoms with Crippen LogP contribution in [0.15, 0.2) is 39.8 Å². The largest absolute Gasteiger partial charge is 0.394 e. The number of nitrogens with one attached hydrogen (secondary N) is 1. The molecule has 1 amide bonds. The smallest absolute Gasteiger partial charge is 0.273 e. The molecule has 8 nitrogen and oxygen atoms in total. The fraction of sp³-hybridized carbons (Fsp3) is 0.214. The van der Waals surface area contributed by atoms with Crippen LogP contribution in [-0.2, 0) is 0 Å². The first-order valence-electron chi connectivity index (χ1n) is 6.58. The van der Waals surface area contributed by atoms with Crippen molar-refractivity contribution in [2.75, 3.05) is 6.61 Å². The Hall–Kier alpha value is -2.87. The van der Waals surface area contributed by atoms with Crippen molar-refractivity contribution in [2.24, 2.45) is 16.5 Å². The molecular weight excluding hydrogens is 286 g/mol. The second-order valence-electron chi connectivity index (χ2n) is 4.72. The molecule has 2 aromatic rings. The van der Waals surface area contributed by atoms with E-state index in [1.165, 1.54) is 6.07 Å². The summed E-state index contributed by atoms with van der Waals surface area (Å²) < 4.78 is 5.15. The van der Waals surface area contributed by atoms with Gasteiger partial charge in [-0.2, -0.15) is 0 Å². The number of aliphatic hydroxyl groups excluding tert-OH is 1. The number of carbonyl (C=O) groups excluding carboxylic acids is 1. The zero-order chi connectivity index (χ0) is 16.1. The monoisotopic (exact) mass is 303 g/mol. The van der Waals surface area contributed by atoms with Crippen LogP contribution in [-0.4, -0.2) is 34.8 Å². The van der Waals surface area contributed by atoms with Crippen LogP contribution in [0.3, 0.4) is 0 Å². The molecule has 1 heterocycles. The Labute approximate surface area is 126 Å². The highest BCUT2D eigenvalue weighted by Gasteiger charge is 2.15. The Kier molecular flexibility index (Phi) is 4.74. The first-order valence-corrected chi connectivity index (χ1v) is 6.58. The van der Waals surface area contributed by atoms with Crippen LogP contribution in [0.25, 0.3) is 11.3 Å². The summed E-state index contributed by atoms with van der Waals surface area (Å²) in [5.41, 5.74) is 12.1. The minimum absolute atomic E-state index is 0.0237. The highest BCUT2D eigenvalue weighted by molar-refractivity contribution is 5.93. The normalized spacial score (nSPS) is 11.7. The van der Waals surface area contributed by atoms with Crippen molar-refractivity contribution >= 4 is 17.6 Å². The van der Waals surface area contributed by atoms with Gasteiger partial charge in [0.25, 0.3) is 5.91 Å². The SMILES string of the molecule is CC(CO)NC(=O)c1cc(-c2ccc(N=C(N)N)cc2)on1. The molecule has 0 spiro atoms. The van der Waals surface area contributed by atoms with E-state index >= 15 is 0 Å². The van der Waals surface area contributed by atoms with Crippen molar-refractivity contribution in [2.45, 2.75) is 13.0 Å². The second kappa shape index (κ2) is 6.72. The van der Waals surface area contributed by atoms with Crippen molar-refractivity contribution in [3.8, 4) is 11.3 Å². The Morgan fingerprint density at radius 1 is 1.41 bits per heavy atom. The molecule has 1 aromatic heterocycles. The number of aromatic nitrogens is 1. The maximum absolute atomic E-state index is 11.8. The maximum atomic E-state index is 11.8. The lowest BCUT2D eigenvalue weighted by Gasteiger charge is -2.07. The van der Waals surface area contributed by atoms with Crippen molar-refractivity contribution in [3.05, 3.63) is 36.0 Å². The van der Waals surface area contributed by atoms with Gasteiger partial charge in [-0.25, -0.2) is 4.99 Å². The van der Waals surface area contributed by atoms with Crippen molar-refractivity contribution < 1.29 is 14.4 Å². The van der Waals surface area contributed by atoms with Crippen LogP contribution in [0.1, 0.15) is 17.4 Å². The predicted molar refractivity (Wildman–Crippen MR) is 81.4 cm³/mol. The Morgan fingerprint density at radius 3 is 2.68 bits per heavy atom. The van der Waals surface area contributed by atoms with E-state index in [-0.39, 0.29) is 24.3 Å². The molecule has 1 aromatic carbocycles. The molecule has 22 heavy (non-hydrogen) atoms. The number of benzene rings is 1. The Bertz CT molecular complexity index is 674. The summed E-state index contributed by atoms with van der Waals surface area (Å²) >= 11 is 0. The first kappa shape index (κ1) is 15.5. The van der Waals surface area contributed by atoms with E-state index in [2.05, 4.69) is 15.5 Å². The zero-order valence-electron chi connectivity index (χ0n) is 12.0. The third kappa shape index (κ3) is 3.83. The minimum Gasteiger partial charge on any atom is -0.394 e. The van der Waals surface area contributed by atoms with E-state index in [4.69, 9.17) is 21.1 Å². The van der Waals surface area contributed by atoms with Crippen LogP contribution in [0.4, 0.5) is 5.69 Å². The molecule has 0 aliphatic heterocycles. The van der Waals surface area contributed by atoms with Gasteiger partial charge in [-0.05, 0) is 31.2 Å². The molecule has 6 N–H and O–H groups in total. The highest BCUT2D eigenvalue weighted by atomic mass is 16.5. The number of carbonyl (C=O) groups is 1. The molecule has 1 unspecified atom stereocenters. The molecule has 0 aliphatic rings.